The predicted octanol–water partition coefficient (Wildman–Crippen LogP) is -0.491. The molecular formula is C4H4N4Y2-2. The molecule has 1 rings (SSSR count). The SMILES string of the molecule is CNc1n[c-]n[c-]n1.[Y].[Y]. The molecule has 0 aliphatic rings. The molecule has 0 bridgehead atoms. The smallest absolute Gasteiger partial charge is 0 e. The van der Waals surface area contributed by atoms with Crippen molar-refractivity contribution in [3.63, 3.8) is 0 Å². The normalized spacial score (nSPS) is 6.90. The predicted molar refractivity (Wildman–Crippen MR) is 27.0 cm³/mol. The molecule has 1 heterocycles. The van der Waals surface area contributed by atoms with E-state index in [9.17, 15) is 0 Å². The van der Waals surface area contributed by atoms with Gasteiger partial charge >= 0.3 is 0 Å². The van der Waals surface area contributed by atoms with E-state index in [2.05, 4.69) is 32.9 Å². The van der Waals surface area contributed by atoms with Gasteiger partial charge in [0.1, 0.15) is 0 Å². The molecule has 0 fully saturated rings. The molecule has 1 N–H and O–H groups in total. The molecule has 10 heavy (non-hydrogen) atoms. The Morgan fingerprint density at radius 1 is 1.20 bits per heavy atom. The van der Waals surface area contributed by atoms with Crippen LogP contribution in [-0.4, -0.2) is 22.0 Å². The molecule has 48 valence electrons. The summed E-state index contributed by atoms with van der Waals surface area (Å²) in [5, 5.41) is 2.70. The Morgan fingerprint density at radius 2 is 1.70 bits per heavy atom. The maximum atomic E-state index is 3.61. The van der Waals surface area contributed by atoms with Crippen LogP contribution in [0, 0.1) is 12.7 Å². The molecule has 0 aliphatic heterocycles. The van der Waals surface area contributed by atoms with Crippen molar-refractivity contribution in [3.05, 3.63) is 12.7 Å². The van der Waals surface area contributed by atoms with Gasteiger partial charge in [0.25, 0.3) is 0 Å². The molecule has 0 aromatic carbocycles. The fourth-order valence-electron chi connectivity index (χ4n) is 0.304. The average Bonchev–Trinajstić information content (AvgIpc) is 1.90. The summed E-state index contributed by atoms with van der Waals surface area (Å²) in [5.74, 6) is 0.486. The molecule has 0 aliphatic carbocycles. The molecule has 1 aromatic heterocycles. The van der Waals surface area contributed by atoms with Gasteiger partial charge in [-0.1, -0.05) is 0 Å². The Balaban J connectivity index is 0. The summed E-state index contributed by atoms with van der Waals surface area (Å²) in [4.78, 5) is 10.6. The number of anilines is 1. The zero-order chi connectivity index (χ0) is 5.82. The van der Waals surface area contributed by atoms with Gasteiger partial charge in [-0.15, -0.1) is 0 Å². The summed E-state index contributed by atoms with van der Waals surface area (Å²) in [6, 6.07) is 0. The third-order valence-corrected chi connectivity index (χ3v) is 0.635. The first kappa shape index (κ1) is 13.6. The topological polar surface area (TPSA) is 50.7 Å². The molecule has 1 aromatic rings. The van der Waals surface area contributed by atoms with Gasteiger partial charge < -0.3 is 20.3 Å². The molecule has 0 saturated carbocycles. The van der Waals surface area contributed by atoms with Crippen LogP contribution >= 0.6 is 0 Å². The number of rotatable bonds is 1. The fraction of sp³-hybridized carbons (Fsp3) is 0.250. The van der Waals surface area contributed by atoms with E-state index in [4.69, 9.17) is 0 Å². The Bertz CT molecular complexity index is 157. The van der Waals surface area contributed by atoms with Crippen LogP contribution in [0.2, 0.25) is 0 Å². The molecule has 0 amide bonds. The second-order valence-corrected chi connectivity index (χ2v) is 1.11. The zero-order valence-electron chi connectivity index (χ0n) is 5.50. The van der Waals surface area contributed by atoms with Gasteiger partial charge in [0.05, 0.1) is 0 Å². The Hall–Kier alpha value is 1.02. The minimum atomic E-state index is 0. The Labute approximate surface area is 110 Å². The van der Waals surface area contributed by atoms with E-state index < -0.39 is 0 Å². The van der Waals surface area contributed by atoms with Crippen LogP contribution in [0.25, 0.3) is 0 Å². The van der Waals surface area contributed by atoms with E-state index in [1.54, 1.807) is 7.05 Å². The van der Waals surface area contributed by atoms with Crippen LogP contribution in [0.3, 0.4) is 0 Å². The van der Waals surface area contributed by atoms with Crippen LogP contribution < -0.4 is 5.32 Å². The summed E-state index contributed by atoms with van der Waals surface area (Å²) in [6.45, 7) is 0. The van der Waals surface area contributed by atoms with E-state index in [0.29, 0.717) is 5.95 Å². The Kier molecular flexibility index (Phi) is 11.0. The van der Waals surface area contributed by atoms with Crippen molar-refractivity contribution < 1.29 is 65.4 Å². The second-order valence-electron chi connectivity index (χ2n) is 1.11. The van der Waals surface area contributed by atoms with Gasteiger partial charge in [-0.2, -0.15) is 12.7 Å². The third kappa shape index (κ3) is 4.78. The maximum absolute atomic E-state index is 3.61. The van der Waals surface area contributed by atoms with Crippen molar-refractivity contribution in [1.82, 2.24) is 15.0 Å². The van der Waals surface area contributed by atoms with E-state index in [1.807, 2.05) is 0 Å². The largest absolute Gasteiger partial charge is 0.505 e. The van der Waals surface area contributed by atoms with Gasteiger partial charge in [0.2, 0.25) is 0 Å². The minimum absolute atomic E-state index is 0. The first-order valence-corrected chi connectivity index (χ1v) is 2.09. The van der Waals surface area contributed by atoms with Gasteiger partial charge in [-0.05, 0) is 13.0 Å². The van der Waals surface area contributed by atoms with Crippen LogP contribution in [0.1, 0.15) is 0 Å². The van der Waals surface area contributed by atoms with Crippen LogP contribution in [0.15, 0.2) is 0 Å². The van der Waals surface area contributed by atoms with Crippen molar-refractivity contribution in [2.45, 2.75) is 0 Å². The molecule has 2 radical (unpaired) electrons. The summed E-state index contributed by atoms with van der Waals surface area (Å²) in [6.07, 6.45) is 4.66. The molecule has 0 unspecified atom stereocenters. The quantitative estimate of drug-likeness (QED) is 0.708. The summed E-state index contributed by atoms with van der Waals surface area (Å²) >= 11 is 0. The zero-order valence-corrected chi connectivity index (χ0v) is 11.2. The number of nitrogens with zero attached hydrogens (tertiary/aromatic N) is 3. The summed E-state index contributed by atoms with van der Waals surface area (Å²) < 4.78 is 0. The molecule has 4 nitrogen and oxygen atoms in total. The van der Waals surface area contributed by atoms with Crippen LogP contribution in [-0.2, 0) is 65.4 Å². The number of nitrogens with one attached hydrogen (secondary N) is 1. The molecule has 0 saturated heterocycles. The second kappa shape index (κ2) is 8.12. The molecule has 6 heteroatoms. The first-order chi connectivity index (χ1) is 3.93. The monoisotopic (exact) mass is 286 g/mol. The van der Waals surface area contributed by atoms with Crippen molar-refractivity contribution >= 4 is 5.95 Å². The number of aromatic nitrogens is 3. The van der Waals surface area contributed by atoms with Crippen molar-refractivity contribution in [2.24, 2.45) is 0 Å². The molecular weight excluding hydrogens is 282 g/mol. The summed E-state index contributed by atoms with van der Waals surface area (Å²) in [5.41, 5.74) is 0. The van der Waals surface area contributed by atoms with E-state index >= 15 is 0 Å². The van der Waals surface area contributed by atoms with Crippen molar-refractivity contribution in [3.8, 4) is 0 Å². The molecule has 0 atom stereocenters. The Morgan fingerprint density at radius 3 is 2.00 bits per heavy atom. The minimum Gasteiger partial charge on any atom is -0.505 e. The standard InChI is InChI=1S/C4H4N4.2Y/c1-5-4-7-2-6-3-8-4;;/h1H3,(H,5,6,7,8);;/q-2;;. The average molecular weight is 286 g/mol. The number of hydrogen-bond donors (Lipinski definition) is 1. The van der Waals surface area contributed by atoms with Gasteiger partial charge in [0.15, 0.2) is 0 Å². The fourth-order valence-corrected chi connectivity index (χ4v) is 0.304. The van der Waals surface area contributed by atoms with Crippen LogP contribution in [0.4, 0.5) is 5.95 Å². The van der Waals surface area contributed by atoms with E-state index in [-0.39, 0.29) is 65.4 Å². The number of hydrogen-bond acceptors (Lipinski definition) is 4. The summed E-state index contributed by atoms with van der Waals surface area (Å²) in [7, 11) is 1.72. The van der Waals surface area contributed by atoms with Crippen molar-refractivity contribution in [1.29, 1.82) is 0 Å². The maximum Gasteiger partial charge on any atom is 0 e. The van der Waals surface area contributed by atoms with Gasteiger partial charge in [0, 0.05) is 65.4 Å². The molecule has 0 spiro atoms. The van der Waals surface area contributed by atoms with Gasteiger partial charge in [-0.3, -0.25) is 0 Å². The third-order valence-electron chi connectivity index (χ3n) is 0.635. The van der Waals surface area contributed by atoms with Crippen molar-refractivity contribution in [2.75, 3.05) is 12.4 Å². The van der Waals surface area contributed by atoms with Gasteiger partial charge in [-0.25, -0.2) is 0 Å². The van der Waals surface area contributed by atoms with E-state index in [0.717, 1.165) is 0 Å². The van der Waals surface area contributed by atoms with E-state index in [1.165, 1.54) is 0 Å². The first-order valence-electron chi connectivity index (χ1n) is 2.09. The van der Waals surface area contributed by atoms with Crippen LogP contribution in [0.5, 0.6) is 0 Å².